The minimum Gasteiger partial charge on any atom is -0.281 e. The number of halogens is 6. The minimum absolute atomic E-state index is 0.172. The summed E-state index contributed by atoms with van der Waals surface area (Å²) in [5.74, 6) is -0.833. The lowest BCUT2D eigenvalue weighted by Gasteiger charge is -2.10. The van der Waals surface area contributed by atoms with Crippen molar-refractivity contribution in [3.63, 3.8) is 0 Å². The van der Waals surface area contributed by atoms with Crippen LogP contribution < -0.4 is 0 Å². The van der Waals surface area contributed by atoms with E-state index in [1.165, 1.54) is 17.7 Å². The van der Waals surface area contributed by atoms with Crippen LogP contribution in [0.3, 0.4) is 0 Å². The van der Waals surface area contributed by atoms with Gasteiger partial charge in [-0.05, 0) is 141 Å². The molecule has 0 radical (unpaired) electrons. The molecule has 0 bridgehead atoms. The van der Waals surface area contributed by atoms with Gasteiger partial charge in [-0.3, -0.25) is 4.55 Å². The molecular formula is C42H36Cl4F2N4O3S3. The molecule has 1 N–H and O–H groups in total. The van der Waals surface area contributed by atoms with Gasteiger partial charge in [-0.15, -0.1) is 22.7 Å². The van der Waals surface area contributed by atoms with Crippen LogP contribution >= 0.6 is 69.1 Å². The van der Waals surface area contributed by atoms with Crippen LogP contribution in [0.5, 0.6) is 0 Å². The number of hydrogen-bond donors (Lipinski definition) is 1. The Kier molecular flexibility index (Phi) is 12.4. The monoisotopic (exact) mass is 918 g/mol. The van der Waals surface area contributed by atoms with Crippen molar-refractivity contribution in [3.05, 3.63) is 120 Å². The Balaban J connectivity index is 0.954. The summed E-state index contributed by atoms with van der Waals surface area (Å²) in [6.45, 7) is 0. The number of hydrogen-bond acceptors (Lipinski definition) is 6. The molecule has 2 aliphatic rings. The van der Waals surface area contributed by atoms with Gasteiger partial charge in [0.05, 0.1) is 42.6 Å². The topological polar surface area (TPSA) is 90.0 Å². The highest BCUT2D eigenvalue weighted by atomic mass is 35.5. The number of fused-ring (bicyclic) bond motifs is 6. The summed E-state index contributed by atoms with van der Waals surface area (Å²) < 4.78 is 69.2. The van der Waals surface area contributed by atoms with Gasteiger partial charge in [0.2, 0.25) is 0 Å². The molecule has 0 spiro atoms. The number of rotatable bonds is 12. The standard InChI is InChI=1S/C42H36Cl4F2N4O3S3/c43-26-15-17-34(30(45)22-26)51-39-28(11-7-9-24-19-20-56-41(24)39)37(49-51)32(47)13-5-3-1-2-4-6-14-33(48)38-29-12-8-10-25-21-36(58(53,54)55)57-42(25)40(29)52(50-38)35-18-16-27(44)23-31(35)46/h13-23H,1-12H2,(H,53,54,55)/b32-13-,33-14-. The third-order valence-electron chi connectivity index (χ3n) is 10.5. The van der Waals surface area contributed by atoms with Crippen LogP contribution in [0.1, 0.15) is 85.0 Å². The van der Waals surface area contributed by atoms with E-state index in [0.29, 0.717) is 91.8 Å². The summed E-state index contributed by atoms with van der Waals surface area (Å²) in [7, 11) is -4.45. The number of aromatic nitrogens is 4. The van der Waals surface area contributed by atoms with E-state index in [4.69, 9.17) is 56.6 Å². The van der Waals surface area contributed by atoms with Crippen molar-refractivity contribution in [2.75, 3.05) is 0 Å². The summed E-state index contributed by atoms with van der Waals surface area (Å²) in [5, 5.41) is 13.2. The molecular weight excluding hydrogens is 884 g/mol. The van der Waals surface area contributed by atoms with Crippen molar-refractivity contribution < 1.29 is 21.8 Å². The zero-order chi connectivity index (χ0) is 40.7. The maximum absolute atomic E-state index is 16.1. The fourth-order valence-corrected chi connectivity index (χ4v) is 11.7. The van der Waals surface area contributed by atoms with Crippen molar-refractivity contribution in [3.8, 4) is 32.5 Å². The van der Waals surface area contributed by atoms with Gasteiger partial charge >= 0.3 is 10.1 Å². The second-order valence-electron chi connectivity index (χ2n) is 14.3. The van der Waals surface area contributed by atoms with Crippen LogP contribution in [-0.2, 0) is 35.8 Å². The van der Waals surface area contributed by atoms with Crippen LogP contribution in [0.25, 0.3) is 44.2 Å². The average Bonchev–Trinajstić information content (AvgIpc) is 3.94. The van der Waals surface area contributed by atoms with Crippen molar-refractivity contribution in [2.24, 2.45) is 0 Å². The van der Waals surface area contributed by atoms with Crippen molar-refractivity contribution >= 4 is 90.8 Å². The fourth-order valence-electron chi connectivity index (χ4n) is 7.74. The summed E-state index contributed by atoms with van der Waals surface area (Å²) >= 11 is 28.2. The minimum atomic E-state index is -4.45. The lowest BCUT2D eigenvalue weighted by molar-refractivity contribution is 0.485. The van der Waals surface area contributed by atoms with Gasteiger partial charge in [0, 0.05) is 21.2 Å². The summed E-state index contributed by atoms with van der Waals surface area (Å²) in [6.07, 6.45) is 11.5. The highest BCUT2D eigenvalue weighted by Crippen LogP contribution is 2.45. The molecule has 0 saturated carbocycles. The summed E-state index contributed by atoms with van der Waals surface area (Å²) in [5.41, 5.74) is 6.53. The Morgan fingerprint density at radius 1 is 0.707 bits per heavy atom. The number of thiophene rings is 2. The van der Waals surface area contributed by atoms with Gasteiger partial charge < -0.3 is 0 Å². The van der Waals surface area contributed by atoms with Crippen LogP contribution in [0.15, 0.2) is 70.3 Å². The largest absolute Gasteiger partial charge is 0.304 e. The van der Waals surface area contributed by atoms with Crippen LogP contribution in [-0.4, -0.2) is 32.5 Å². The van der Waals surface area contributed by atoms with E-state index in [1.54, 1.807) is 57.1 Å². The third kappa shape index (κ3) is 8.36. The maximum Gasteiger partial charge on any atom is 0.304 e. The SMILES string of the molecule is O=S(=O)(O)c1cc2c(s1)-c1c(c(/C(F)=C/CCCCCC/C=C(\F)c3nn(-c4ccc(Cl)cc4Cl)c4c3CCCc3ccsc3-4)nn1-c1ccc(Cl)cc1Cl)CCC2. The first kappa shape index (κ1) is 41.4. The molecule has 8 rings (SSSR count). The molecule has 302 valence electrons. The van der Waals surface area contributed by atoms with E-state index < -0.39 is 15.9 Å². The molecule has 2 aliphatic carbocycles. The fraction of sp³-hybridized carbons (Fsp3) is 0.286. The molecule has 4 heterocycles. The van der Waals surface area contributed by atoms with Crippen molar-refractivity contribution in [2.45, 2.75) is 81.3 Å². The number of allylic oxidation sites excluding steroid dienone is 2. The summed E-state index contributed by atoms with van der Waals surface area (Å²) in [6, 6.07) is 13.7. The van der Waals surface area contributed by atoms with Gasteiger partial charge in [-0.2, -0.15) is 18.6 Å². The van der Waals surface area contributed by atoms with E-state index in [2.05, 4.69) is 11.4 Å². The Labute approximate surface area is 363 Å². The van der Waals surface area contributed by atoms with E-state index in [0.717, 1.165) is 71.6 Å². The molecule has 16 heteroatoms. The van der Waals surface area contributed by atoms with Gasteiger partial charge in [-0.1, -0.05) is 59.2 Å². The molecule has 0 unspecified atom stereocenters. The molecule has 0 aliphatic heterocycles. The predicted octanol–water partition coefficient (Wildman–Crippen LogP) is 14.0. The quantitative estimate of drug-likeness (QED) is 0.0975. The normalized spacial score (nSPS) is 14.5. The van der Waals surface area contributed by atoms with Gasteiger partial charge in [-0.25, -0.2) is 18.1 Å². The molecule has 0 saturated heterocycles. The van der Waals surface area contributed by atoms with Crippen LogP contribution in [0.4, 0.5) is 8.78 Å². The first-order valence-corrected chi connectivity index (χ1v) is 23.6. The number of unbranched alkanes of at least 4 members (excludes halogenated alkanes) is 5. The Bertz CT molecular complexity index is 2720. The first-order chi connectivity index (χ1) is 27.9. The number of aryl methyl sites for hydroxylation is 2. The smallest absolute Gasteiger partial charge is 0.281 e. The Morgan fingerprint density at radius 2 is 1.22 bits per heavy atom. The average molecular weight is 921 g/mol. The second kappa shape index (κ2) is 17.3. The highest BCUT2D eigenvalue weighted by molar-refractivity contribution is 7.88. The second-order valence-corrected chi connectivity index (χ2v) is 19.6. The van der Waals surface area contributed by atoms with Gasteiger partial charge in [0.25, 0.3) is 0 Å². The Morgan fingerprint density at radius 3 is 1.74 bits per heavy atom. The third-order valence-corrected chi connectivity index (χ3v) is 15.0. The zero-order valence-electron chi connectivity index (χ0n) is 30.9. The van der Waals surface area contributed by atoms with Gasteiger partial charge in [0.15, 0.2) is 0 Å². The molecule has 7 nitrogen and oxygen atoms in total. The van der Waals surface area contributed by atoms with E-state index in [1.807, 2.05) is 6.07 Å². The molecule has 58 heavy (non-hydrogen) atoms. The van der Waals surface area contributed by atoms with Crippen LogP contribution in [0.2, 0.25) is 20.1 Å². The number of benzene rings is 2. The molecule has 0 amide bonds. The highest BCUT2D eigenvalue weighted by Gasteiger charge is 2.31. The molecule has 6 aromatic rings. The zero-order valence-corrected chi connectivity index (χ0v) is 36.4. The molecule has 0 atom stereocenters. The summed E-state index contributed by atoms with van der Waals surface area (Å²) in [4.78, 5) is 1.67. The Hall–Kier alpha value is -3.33. The maximum atomic E-state index is 16.1. The predicted molar refractivity (Wildman–Crippen MR) is 234 cm³/mol. The van der Waals surface area contributed by atoms with Crippen LogP contribution in [0, 0.1) is 0 Å². The van der Waals surface area contributed by atoms with E-state index in [-0.39, 0.29) is 15.7 Å². The first-order valence-electron chi connectivity index (χ1n) is 18.9. The molecule has 0 fully saturated rings. The lowest BCUT2D eigenvalue weighted by Crippen LogP contribution is -2.00. The van der Waals surface area contributed by atoms with E-state index >= 15 is 8.78 Å². The van der Waals surface area contributed by atoms with E-state index in [9.17, 15) is 13.0 Å². The lowest BCUT2D eigenvalue weighted by atomic mass is 10.0. The van der Waals surface area contributed by atoms with Crippen molar-refractivity contribution in [1.29, 1.82) is 0 Å². The molecule has 2 aromatic carbocycles. The number of nitrogens with zero attached hydrogens (tertiary/aromatic N) is 4. The van der Waals surface area contributed by atoms with Gasteiger partial charge in [0.1, 0.15) is 27.3 Å². The molecule has 4 aromatic heterocycles. The van der Waals surface area contributed by atoms with Crippen molar-refractivity contribution in [1.82, 2.24) is 19.6 Å².